The fourth-order valence-corrected chi connectivity index (χ4v) is 4.89. The molecule has 2 aliphatic rings. The van der Waals surface area contributed by atoms with Gasteiger partial charge in [0.2, 0.25) is 0 Å². The zero-order chi connectivity index (χ0) is 23.0. The molecule has 2 amide bonds. The average Bonchev–Trinajstić information content (AvgIpc) is 3.39. The number of carbonyl (C=O) groups is 2. The third-order valence-corrected chi connectivity index (χ3v) is 6.86. The van der Waals surface area contributed by atoms with Gasteiger partial charge in [-0.1, -0.05) is 31.9 Å². The number of hydrogen-bond acceptors (Lipinski definition) is 3. The molecule has 5 heteroatoms. The van der Waals surface area contributed by atoms with Gasteiger partial charge in [0.15, 0.2) is 0 Å². The van der Waals surface area contributed by atoms with Crippen LogP contribution in [0.2, 0.25) is 0 Å². The monoisotopic (exact) mass is 447 g/mol. The molecule has 0 radical (unpaired) electrons. The van der Waals surface area contributed by atoms with Crippen molar-refractivity contribution in [3.8, 4) is 0 Å². The van der Waals surface area contributed by atoms with Crippen molar-refractivity contribution >= 4 is 23.2 Å². The van der Waals surface area contributed by atoms with Crippen LogP contribution in [0, 0.1) is 0 Å². The van der Waals surface area contributed by atoms with Crippen LogP contribution in [0.25, 0.3) is 0 Å². The molecule has 2 fully saturated rings. The highest BCUT2D eigenvalue weighted by Gasteiger charge is 2.25. The summed E-state index contributed by atoms with van der Waals surface area (Å²) in [7, 11) is 0. The van der Waals surface area contributed by atoms with Crippen molar-refractivity contribution in [3.63, 3.8) is 0 Å². The Morgan fingerprint density at radius 2 is 1.55 bits per heavy atom. The van der Waals surface area contributed by atoms with Gasteiger partial charge in [-0.2, -0.15) is 0 Å². The predicted molar refractivity (Wildman–Crippen MR) is 135 cm³/mol. The quantitative estimate of drug-likeness (QED) is 0.513. The molecule has 33 heavy (non-hydrogen) atoms. The van der Waals surface area contributed by atoms with Crippen LogP contribution in [-0.4, -0.2) is 42.9 Å². The van der Waals surface area contributed by atoms with Crippen LogP contribution in [0.1, 0.15) is 84.6 Å². The molecule has 2 heterocycles. The Balaban J connectivity index is 1.50. The third-order valence-electron chi connectivity index (χ3n) is 6.86. The van der Waals surface area contributed by atoms with E-state index in [-0.39, 0.29) is 11.8 Å². The van der Waals surface area contributed by atoms with E-state index < -0.39 is 0 Å². The van der Waals surface area contributed by atoms with E-state index in [0.717, 1.165) is 64.0 Å². The summed E-state index contributed by atoms with van der Waals surface area (Å²) >= 11 is 0. The lowest BCUT2D eigenvalue weighted by Crippen LogP contribution is -2.36. The Kier molecular flexibility index (Phi) is 8.03. The van der Waals surface area contributed by atoms with Crippen LogP contribution < -0.4 is 10.2 Å². The molecule has 176 valence electrons. The topological polar surface area (TPSA) is 52.7 Å². The standard InChI is InChI=1S/C28H37N3O2/c1-2-3-5-10-22-11-13-23(14-12-22)27(32)29-24-15-16-26(30-17-8-9-18-30)25(21-24)28(33)31-19-6-4-7-20-31/h11-16,21H,2-10,17-20H2,1H3,(H,29,32). The van der Waals surface area contributed by atoms with Gasteiger partial charge in [-0.25, -0.2) is 0 Å². The Morgan fingerprint density at radius 1 is 0.848 bits per heavy atom. The first-order valence-electron chi connectivity index (χ1n) is 12.7. The molecule has 0 saturated carbocycles. The van der Waals surface area contributed by atoms with Gasteiger partial charge in [0.1, 0.15) is 0 Å². The van der Waals surface area contributed by atoms with E-state index in [1.165, 1.54) is 31.2 Å². The summed E-state index contributed by atoms with van der Waals surface area (Å²) in [5.74, 6) is -0.0514. The molecule has 2 aromatic rings. The smallest absolute Gasteiger partial charge is 0.256 e. The van der Waals surface area contributed by atoms with Gasteiger partial charge in [0.25, 0.3) is 11.8 Å². The Hall–Kier alpha value is -2.82. The van der Waals surface area contributed by atoms with Gasteiger partial charge in [-0.15, -0.1) is 0 Å². The Bertz CT molecular complexity index is 942. The predicted octanol–water partition coefficient (Wildman–Crippen LogP) is 5.90. The normalized spacial score (nSPS) is 16.2. The number of piperidine rings is 1. The average molecular weight is 448 g/mol. The van der Waals surface area contributed by atoms with Crippen molar-refractivity contribution in [1.82, 2.24) is 4.90 Å². The minimum atomic E-state index is -0.139. The van der Waals surface area contributed by atoms with Gasteiger partial charge in [0.05, 0.1) is 5.56 Å². The van der Waals surface area contributed by atoms with Gasteiger partial charge in [0, 0.05) is 43.1 Å². The summed E-state index contributed by atoms with van der Waals surface area (Å²) in [6.45, 7) is 5.81. The van der Waals surface area contributed by atoms with Crippen molar-refractivity contribution in [2.75, 3.05) is 36.4 Å². The lowest BCUT2D eigenvalue weighted by Gasteiger charge is -2.29. The highest BCUT2D eigenvalue weighted by atomic mass is 16.2. The first-order valence-corrected chi connectivity index (χ1v) is 12.7. The summed E-state index contributed by atoms with van der Waals surface area (Å²) in [6.07, 6.45) is 10.3. The number of anilines is 2. The maximum absolute atomic E-state index is 13.4. The molecule has 1 N–H and O–H groups in total. The third kappa shape index (κ3) is 5.95. The lowest BCUT2D eigenvalue weighted by molar-refractivity contribution is 0.0724. The van der Waals surface area contributed by atoms with E-state index in [9.17, 15) is 9.59 Å². The number of hydrogen-bond donors (Lipinski definition) is 1. The summed E-state index contributed by atoms with van der Waals surface area (Å²) < 4.78 is 0. The second-order valence-corrected chi connectivity index (χ2v) is 9.39. The fourth-order valence-electron chi connectivity index (χ4n) is 4.89. The second-order valence-electron chi connectivity index (χ2n) is 9.39. The van der Waals surface area contributed by atoms with E-state index in [2.05, 4.69) is 17.1 Å². The summed E-state index contributed by atoms with van der Waals surface area (Å²) in [5, 5.41) is 3.02. The first kappa shape index (κ1) is 23.3. The minimum Gasteiger partial charge on any atom is -0.371 e. The number of rotatable bonds is 8. The molecule has 4 rings (SSSR count). The van der Waals surface area contributed by atoms with Crippen LogP contribution in [0.15, 0.2) is 42.5 Å². The lowest BCUT2D eigenvalue weighted by atomic mass is 10.0. The van der Waals surface area contributed by atoms with E-state index in [4.69, 9.17) is 0 Å². The molecule has 2 saturated heterocycles. The molecule has 2 aromatic carbocycles. The largest absolute Gasteiger partial charge is 0.371 e. The van der Waals surface area contributed by atoms with Crippen molar-refractivity contribution in [2.24, 2.45) is 0 Å². The first-order chi connectivity index (χ1) is 16.2. The molecule has 2 aliphatic heterocycles. The zero-order valence-corrected chi connectivity index (χ0v) is 19.9. The number of nitrogens with zero attached hydrogens (tertiary/aromatic N) is 2. The molecule has 5 nitrogen and oxygen atoms in total. The van der Waals surface area contributed by atoms with E-state index >= 15 is 0 Å². The van der Waals surface area contributed by atoms with Gasteiger partial charge >= 0.3 is 0 Å². The molecule has 0 unspecified atom stereocenters. The fraction of sp³-hybridized carbons (Fsp3) is 0.500. The van der Waals surface area contributed by atoms with E-state index in [0.29, 0.717) is 16.8 Å². The van der Waals surface area contributed by atoms with E-state index in [1.54, 1.807) is 0 Å². The van der Waals surface area contributed by atoms with Gasteiger partial charge in [-0.3, -0.25) is 9.59 Å². The number of likely N-dealkylation sites (tertiary alicyclic amines) is 1. The minimum absolute atomic E-state index is 0.0872. The molecular formula is C28H37N3O2. The van der Waals surface area contributed by atoms with Crippen molar-refractivity contribution in [1.29, 1.82) is 0 Å². The van der Waals surface area contributed by atoms with Crippen molar-refractivity contribution in [3.05, 3.63) is 59.2 Å². The number of unbranched alkanes of at least 4 members (excludes halogenated alkanes) is 2. The Labute approximate surface area is 198 Å². The van der Waals surface area contributed by atoms with Crippen LogP contribution in [0.5, 0.6) is 0 Å². The number of amides is 2. The van der Waals surface area contributed by atoms with Crippen LogP contribution in [0.4, 0.5) is 11.4 Å². The number of nitrogens with one attached hydrogen (secondary N) is 1. The summed E-state index contributed by atoms with van der Waals surface area (Å²) in [4.78, 5) is 30.6. The van der Waals surface area contributed by atoms with Gasteiger partial charge in [-0.05, 0) is 80.8 Å². The second kappa shape index (κ2) is 11.4. The van der Waals surface area contributed by atoms with Crippen LogP contribution in [0.3, 0.4) is 0 Å². The zero-order valence-electron chi connectivity index (χ0n) is 19.9. The number of carbonyl (C=O) groups excluding carboxylic acids is 2. The van der Waals surface area contributed by atoms with Gasteiger partial charge < -0.3 is 15.1 Å². The molecule has 0 aliphatic carbocycles. The summed E-state index contributed by atoms with van der Waals surface area (Å²) in [6, 6.07) is 13.7. The SMILES string of the molecule is CCCCCc1ccc(C(=O)Nc2ccc(N3CCCC3)c(C(=O)N3CCCCC3)c2)cc1. The van der Waals surface area contributed by atoms with Crippen molar-refractivity contribution < 1.29 is 9.59 Å². The highest BCUT2D eigenvalue weighted by molar-refractivity contribution is 6.06. The molecular weight excluding hydrogens is 410 g/mol. The molecule has 0 spiro atoms. The maximum Gasteiger partial charge on any atom is 0.256 e. The molecule has 0 atom stereocenters. The molecule has 0 aromatic heterocycles. The highest BCUT2D eigenvalue weighted by Crippen LogP contribution is 2.29. The van der Waals surface area contributed by atoms with E-state index in [1.807, 2.05) is 47.4 Å². The van der Waals surface area contributed by atoms with Crippen molar-refractivity contribution in [2.45, 2.75) is 64.7 Å². The maximum atomic E-state index is 13.4. The number of benzene rings is 2. The van der Waals surface area contributed by atoms with Crippen LogP contribution >= 0.6 is 0 Å². The summed E-state index contributed by atoms with van der Waals surface area (Å²) in [5.41, 5.74) is 4.29. The van der Waals surface area contributed by atoms with Crippen LogP contribution in [-0.2, 0) is 6.42 Å². The number of aryl methyl sites for hydroxylation is 1. The molecule has 0 bridgehead atoms. The Morgan fingerprint density at radius 3 is 2.24 bits per heavy atom.